The van der Waals surface area contributed by atoms with Gasteiger partial charge in [0.25, 0.3) is 0 Å². The van der Waals surface area contributed by atoms with Gasteiger partial charge < -0.3 is 5.11 Å². The molecule has 1 nitrogen and oxygen atoms in total. The van der Waals surface area contributed by atoms with Crippen LogP contribution in [-0.2, 0) is 0 Å². The standard InChI is InChI=1S/C11H15ClOS/c1-6-4-8(14-10(6)12)9(13)7-5-11(7,2)3/h4,7,9,13H,5H2,1-3H3. The predicted octanol–water partition coefficient (Wildman–Crippen LogP) is 3.79. The number of thiophene rings is 1. The van der Waals surface area contributed by atoms with Gasteiger partial charge in [0, 0.05) is 4.88 Å². The van der Waals surface area contributed by atoms with Crippen molar-refractivity contribution in [1.29, 1.82) is 0 Å². The van der Waals surface area contributed by atoms with E-state index >= 15 is 0 Å². The van der Waals surface area contributed by atoms with Crippen molar-refractivity contribution in [2.75, 3.05) is 0 Å². The molecule has 0 aromatic carbocycles. The third-order valence-electron chi connectivity index (χ3n) is 3.14. The molecule has 78 valence electrons. The van der Waals surface area contributed by atoms with Crippen LogP contribution in [0.3, 0.4) is 0 Å². The highest BCUT2D eigenvalue weighted by Crippen LogP contribution is 2.58. The van der Waals surface area contributed by atoms with E-state index in [1.165, 1.54) is 11.3 Å². The van der Waals surface area contributed by atoms with Crippen LogP contribution in [0.1, 0.15) is 36.8 Å². The molecule has 2 unspecified atom stereocenters. The molecule has 1 fully saturated rings. The fourth-order valence-electron chi connectivity index (χ4n) is 1.87. The SMILES string of the molecule is Cc1cc(C(O)C2CC2(C)C)sc1Cl. The lowest BCUT2D eigenvalue weighted by Gasteiger charge is -2.09. The van der Waals surface area contributed by atoms with Crippen molar-refractivity contribution in [2.45, 2.75) is 33.3 Å². The molecule has 1 heterocycles. The summed E-state index contributed by atoms with van der Waals surface area (Å²) in [6.07, 6.45) is 0.795. The molecule has 0 amide bonds. The molecule has 1 N–H and O–H groups in total. The average molecular weight is 231 g/mol. The molecule has 3 heteroatoms. The lowest BCUT2D eigenvalue weighted by Crippen LogP contribution is -2.02. The smallest absolute Gasteiger partial charge is 0.0961 e. The second-order valence-electron chi connectivity index (χ2n) is 4.85. The van der Waals surface area contributed by atoms with Crippen LogP contribution in [0.2, 0.25) is 4.34 Å². The molecule has 0 radical (unpaired) electrons. The van der Waals surface area contributed by atoms with E-state index in [1.54, 1.807) is 0 Å². The molecule has 2 rings (SSSR count). The molecule has 1 aliphatic rings. The predicted molar refractivity (Wildman–Crippen MR) is 60.9 cm³/mol. The van der Waals surface area contributed by atoms with Gasteiger partial charge in [0.2, 0.25) is 0 Å². The highest BCUT2D eigenvalue weighted by Gasteiger charge is 2.50. The summed E-state index contributed by atoms with van der Waals surface area (Å²) in [4.78, 5) is 1.02. The molecular formula is C11H15ClOS. The second kappa shape index (κ2) is 3.22. The van der Waals surface area contributed by atoms with Crippen LogP contribution in [0.15, 0.2) is 6.07 Å². The first kappa shape index (κ1) is 10.5. The Morgan fingerprint density at radius 3 is 2.57 bits per heavy atom. The van der Waals surface area contributed by atoms with Gasteiger partial charge in [-0.05, 0) is 36.3 Å². The summed E-state index contributed by atoms with van der Waals surface area (Å²) in [6, 6.07) is 2.01. The molecule has 14 heavy (non-hydrogen) atoms. The minimum absolute atomic E-state index is 0.309. The minimum atomic E-state index is -0.318. The van der Waals surface area contributed by atoms with Crippen LogP contribution in [0.25, 0.3) is 0 Å². The highest BCUT2D eigenvalue weighted by atomic mass is 35.5. The fraction of sp³-hybridized carbons (Fsp3) is 0.636. The Morgan fingerprint density at radius 1 is 1.64 bits per heavy atom. The monoisotopic (exact) mass is 230 g/mol. The molecule has 0 bridgehead atoms. The third-order valence-corrected chi connectivity index (χ3v) is 4.76. The fourth-order valence-corrected chi connectivity index (χ4v) is 3.14. The first-order chi connectivity index (χ1) is 6.42. The van der Waals surface area contributed by atoms with Crippen LogP contribution < -0.4 is 0 Å². The van der Waals surface area contributed by atoms with Crippen LogP contribution in [0.4, 0.5) is 0 Å². The van der Waals surface area contributed by atoms with Gasteiger partial charge in [-0.25, -0.2) is 0 Å². The van der Waals surface area contributed by atoms with Crippen molar-refractivity contribution < 1.29 is 5.11 Å². The summed E-state index contributed by atoms with van der Waals surface area (Å²) in [7, 11) is 0. The summed E-state index contributed by atoms with van der Waals surface area (Å²) in [6.45, 7) is 6.37. The molecule has 1 aromatic rings. The third kappa shape index (κ3) is 1.71. The first-order valence-corrected chi connectivity index (χ1v) is 6.05. The van der Waals surface area contributed by atoms with Gasteiger partial charge in [-0.15, -0.1) is 11.3 Å². The summed E-state index contributed by atoms with van der Waals surface area (Å²) >= 11 is 7.48. The summed E-state index contributed by atoms with van der Waals surface area (Å²) in [5.74, 6) is 0.414. The lowest BCUT2D eigenvalue weighted by molar-refractivity contribution is 0.142. The van der Waals surface area contributed by atoms with E-state index in [-0.39, 0.29) is 6.10 Å². The number of aliphatic hydroxyl groups excluding tert-OH is 1. The van der Waals surface area contributed by atoms with E-state index in [2.05, 4.69) is 13.8 Å². The Hall–Kier alpha value is -0.0500. The minimum Gasteiger partial charge on any atom is -0.387 e. The topological polar surface area (TPSA) is 20.2 Å². The highest BCUT2D eigenvalue weighted by molar-refractivity contribution is 7.16. The van der Waals surface area contributed by atoms with Gasteiger partial charge in [-0.3, -0.25) is 0 Å². The van der Waals surface area contributed by atoms with Crippen LogP contribution in [0.5, 0.6) is 0 Å². The Bertz CT molecular complexity index is 337. The molecule has 0 spiro atoms. The van der Waals surface area contributed by atoms with Gasteiger partial charge in [0.1, 0.15) is 0 Å². The van der Waals surface area contributed by atoms with Crippen molar-refractivity contribution in [3.05, 3.63) is 20.8 Å². The van der Waals surface area contributed by atoms with E-state index in [1.807, 2.05) is 13.0 Å². The number of halogens is 1. The Morgan fingerprint density at radius 2 is 2.21 bits per heavy atom. The maximum Gasteiger partial charge on any atom is 0.0961 e. The van der Waals surface area contributed by atoms with Gasteiger partial charge in [-0.1, -0.05) is 25.4 Å². The van der Waals surface area contributed by atoms with Gasteiger partial charge in [0.15, 0.2) is 0 Å². The lowest BCUT2D eigenvalue weighted by atomic mass is 10.0. The van der Waals surface area contributed by atoms with E-state index in [4.69, 9.17) is 11.6 Å². The summed E-state index contributed by atoms with van der Waals surface area (Å²) in [5, 5.41) is 10.1. The summed E-state index contributed by atoms with van der Waals surface area (Å²) in [5.41, 5.74) is 1.38. The number of aliphatic hydroxyl groups is 1. The molecule has 1 saturated carbocycles. The zero-order valence-electron chi connectivity index (χ0n) is 8.67. The molecule has 1 aromatic heterocycles. The van der Waals surface area contributed by atoms with Crippen LogP contribution in [-0.4, -0.2) is 5.11 Å². The van der Waals surface area contributed by atoms with Crippen LogP contribution >= 0.6 is 22.9 Å². The number of aryl methyl sites for hydroxylation is 1. The zero-order valence-corrected chi connectivity index (χ0v) is 10.2. The van der Waals surface area contributed by atoms with E-state index in [0.29, 0.717) is 11.3 Å². The van der Waals surface area contributed by atoms with Crippen molar-refractivity contribution in [2.24, 2.45) is 11.3 Å². The maximum absolute atomic E-state index is 10.1. The first-order valence-electron chi connectivity index (χ1n) is 4.86. The van der Waals surface area contributed by atoms with Crippen molar-refractivity contribution in [3.8, 4) is 0 Å². The molecular weight excluding hydrogens is 216 g/mol. The van der Waals surface area contributed by atoms with E-state index in [9.17, 15) is 5.11 Å². The number of rotatable bonds is 2. The summed E-state index contributed by atoms with van der Waals surface area (Å²) < 4.78 is 0.803. The van der Waals surface area contributed by atoms with Crippen molar-refractivity contribution in [3.63, 3.8) is 0 Å². The largest absolute Gasteiger partial charge is 0.387 e. The Kier molecular flexibility index (Phi) is 2.41. The molecule has 0 aliphatic heterocycles. The van der Waals surface area contributed by atoms with Gasteiger partial charge >= 0.3 is 0 Å². The Labute approximate surface area is 93.7 Å². The molecule has 2 atom stereocenters. The number of hydrogen-bond donors (Lipinski definition) is 1. The van der Waals surface area contributed by atoms with E-state index < -0.39 is 0 Å². The second-order valence-corrected chi connectivity index (χ2v) is 6.54. The van der Waals surface area contributed by atoms with Crippen molar-refractivity contribution in [1.82, 2.24) is 0 Å². The van der Waals surface area contributed by atoms with Gasteiger partial charge in [0.05, 0.1) is 10.4 Å². The maximum atomic E-state index is 10.1. The normalized spacial score (nSPS) is 26.2. The van der Waals surface area contributed by atoms with Crippen molar-refractivity contribution >= 4 is 22.9 Å². The zero-order chi connectivity index (χ0) is 10.5. The average Bonchev–Trinajstić information content (AvgIpc) is 2.59. The van der Waals surface area contributed by atoms with E-state index in [0.717, 1.165) is 21.2 Å². The molecule has 0 saturated heterocycles. The Balaban J connectivity index is 2.16. The van der Waals surface area contributed by atoms with Gasteiger partial charge in [-0.2, -0.15) is 0 Å². The van der Waals surface area contributed by atoms with Crippen LogP contribution in [0, 0.1) is 18.3 Å². The quantitative estimate of drug-likeness (QED) is 0.820. The number of hydrogen-bond acceptors (Lipinski definition) is 2. The molecule has 1 aliphatic carbocycles.